The molecule has 1 unspecified atom stereocenters. The van der Waals surface area contributed by atoms with Gasteiger partial charge in [-0.2, -0.15) is 0 Å². The van der Waals surface area contributed by atoms with Gasteiger partial charge in [0.05, 0.1) is 10.9 Å². The molecule has 0 spiro atoms. The van der Waals surface area contributed by atoms with E-state index in [0.717, 1.165) is 11.3 Å². The highest BCUT2D eigenvalue weighted by Crippen LogP contribution is 2.28. The van der Waals surface area contributed by atoms with Crippen molar-refractivity contribution >= 4 is 32.8 Å². The molecule has 15 heavy (non-hydrogen) atoms. The molecule has 0 saturated carbocycles. The summed E-state index contributed by atoms with van der Waals surface area (Å²) in [6.07, 6.45) is 0. The van der Waals surface area contributed by atoms with Gasteiger partial charge in [0.2, 0.25) is 9.84 Å². The van der Waals surface area contributed by atoms with Gasteiger partial charge in [0.25, 0.3) is 0 Å². The molecule has 2 rings (SSSR count). The molecular weight excluding hydrogens is 258 g/mol. The van der Waals surface area contributed by atoms with E-state index in [0.29, 0.717) is 24.0 Å². The van der Waals surface area contributed by atoms with E-state index in [9.17, 15) is 8.42 Å². The number of rotatable bonds is 2. The average molecular weight is 268 g/mol. The molecule has 1 aliphatic rings. The molecule has 0 radical (unpaired) electrons. The highest BCUT2D eigenvalue weighted by atomic mass is 35.5. The Bertz CT molecular complexity index is 436. The lowest BCUT2D eigenvalue weighted by Crippen LogP contribution is -2.42. The zero-order valence-corrected chi connectivity index (χ0v) is 10.2. The van der Waals surface area contributed by atoms with Crippen LogP contribution >= 0.6 is 22.9 Å². The first-order chi connectivity index (χ1) is 7.10. The Balaban J connectivity index is 2.26. The van der Waals surface area contributed by atoms with Crippen LogP contribution in [-0.2, 0) is 14.6 Å². The number of hydrogen-bond acceptors (Lipinski definition) is 5. The minimum absolute atomic E-state index is 0.265. The summed E-state index contributed by atoms with van der Waals surface area (Å²) in [7, 11) is -3.39. The predicted octanol–water partition coefficient (Wildman–Crippen LogP) is 1.12. The summed E-state index contributed by atoms with van der Waals surface area (Å²) in [5.41, 5.74) is -0.791. The van der Waals surface area contributed by atoms with E-state index in [1.165, 1.54) is 6.07 Å². The van der Waals surface area contributed by atoms with Crippen molar-refractivity contribution in [2.24, 2.45) is 0 Å². The number of sulfone groups is 1. The lowest BCUT2D eigenvalue weighted by molar-refractivity contribution is 0.0786. The van der Waals surface area contributed by atoms with Gasteiger partial charge in [-0.3, -0.25) is 0 Å². The van der Waals surface area contributed by atoms with Gasteiger partial charge in [-0.1, -0.05) is 11.6 Å². The first-order valence-corrected chi connectivity index (χ1v) is 7.16. The lowest BCUT2D eigenvalue weighted by Gasteiger charge is -2.22. The van der Waals surface area contributed by atoms with Crippen LogP contribution in [0, 0.1) is 0 Å². The van der Waals surface area contributed by atoms with Crippen LogP contribution in [0.1, 0.15) is 0 Å². The van der Waals surface area contributed by atoms with Gasteiger partial charge in [0.1, 0.15) is 4.21 Å². The summed E-state index contributed by atoms with van der Waals surface area (Å²) < 4.78 is 29.9. The molecule has 0 bridgehead atoms. The molecule has 1 N–H and O–H groups in total. The van der Waals surface area contributed by atoms with E-state index >= 15 is 0 Å². The van der Waals surface area contributed by atoms with E-state index in [4.69, 9.17) is 16.3 Å². The summed E-state index contributed by atoms with van der Waals surface area (Å²) in [5, 5.41) is 2.98. The monoisotopic (exact) mass is 267 g/mol. The first-order valence-electron chi connectivity index (χ1n) is 4.42. The minimum atomic E-state index is -3.39. The molecule has 1 aliphatic heterocycles. The topological polar surface area (TPSA) is 55.4 Å². The Morgan fingerprint density at radius 1 is 1.53 bits per heavy atom. The Morgan fingerprint density at radius 2 is 2.33 bits per heavy atom. The zero-order valence-electron chi connectivity index (χ0n) is 7.77. The molecule has 7 heteroatoms. The fourth-order valence-electron chi connectivity index (χ4n) is 1.32. The molecule has 1 aromatic rings. The van der Waals surface area contributed by atoms with Crippen molar-refractivity contribution in [1.82, 2.24) is 5.32 Å². The standard InChI is InChI=1S/C8H10ClNO3S2/c9-6-1-2-8(14-6)15(11,12)7-5-10-3-4-13-7/h1-2,7,10H,3-5H2. The molecule has 1 saturated heterocycles. The second-order valence-corrected chi connectivity index (χ2v) is 7.14. The molecule has 0 amide bonds. The lowest BCUT2D eigenvalue weighted by atomic mass is 10.5. The van der Waals surface area contributed by atoms with Gasteiger partial charge in [-0.05, 0) is 12.1 Å². The number of thiophene rings is 1. The van der Waals surface area contributed by atoms with Gasteiger partial charge in [-0.25, -0.2) is 8.42 Å². The van der Waals surface area contributed by atoms with E-state index in [2.05, 4.69) is 5.32 Å². The van der Waals surface area contributed by atoms with Gasteiger partial charge in [0, 0.05) is 13.1 Å². The zero-order chi connectivity index (χ0) is 10.9. The van der Waals surface area contributed by atoms with Gasteiger partial charge in [0.15, 0.2) is 5.44 Å². The van der Waals surface area contributed by atoms with E-state index in [-0.39, 0.29) is 4.21 Å². The molecule has 0 aromatic carbocycles. The van der Waals surface area contributed by atoms with Crippen molar-refractivity contribution in [2.45, 2.75) is 9.65 Å². The van der Waals surface area contributed by atoms with Crippen LogP contribution in [0.25, 0.3) is 0 Å². The first kappa shape index (κ1) is 11.3. The van der Waals surface area contributed by atoms with Crippen molar-refractivity contribution in [3.05, 3.63) is 16.5 Å². The van der Waals surface area contributed by atoms with E-state index < -0.39 is 15.3 Å². The molecule has 1 atom stereocenters. The maximum absolute atomic E-state index is 12.0. The fourth-order valence-corrected chi connectivity index (χ4v) is 4.42. The second-order valence-electron chi connectivity index (χ2n) is 3.11. The Kier molecular flexibility index (Phi) is 3.32. The second kappa shape index (κ2) is 4.39. The van der Waals surface area contributed by atoms with Crippen molar-refractivity contribution in [3.8, 4) is 0 Å². The van der Waals surface area contributed by atoms with Gasteiger partial charge < -0.3 is 10.1 Å². The molecule has 84 valence electrons. The Morgan fingerprint density at radius 3 is 2.87 bits per heavy atom. The van der Waals surface area contributed by atoms with Crippen LogP contribution < -0.4 is 5.32 Å². The maximum Gasteiger partial charge on any atom is 0.215 e. The van der Waals surface area contributed by atoms with Crippen LogP contribution in [0.5, 0.6) is 0 Å². The third-order valence-corrected chi connectivity index (χ3v) is 5.73. The number of halogens is 1. The third kappa shape index (κ3) is 2.34. The highest BCUT2D eigenvalue weighted by Gasteiger charge is 2.31. The predicted molar refractivity (Wildman–Crippen MR) is 59.1 cm³/mol. The molecule has 1 fully saturated rings. The maximum atomic E-state index is 12.0. The summed E-state index contributed by atoms with van der Waals surface area (Å²) >= 11 is 6.76. The summed E-state index contributed by atoms with van der Waals surface area (Å²) in [6, 6.07) is 3.09. The van der Waals surface area contributed by atoms with Crippen LogP contribution in [0.3, 0.4) is 0 Å². The van der Waals surface area contributed by atoms with Crippen molar-refractivity contribution in [2.75, 3.05) is 19.7 Å². The van der Waals surface area contributed by atoms with E-state index in [1.807, 2.05) is 0 Å². The largest absolute Gasteiger partial charge is 0.359 e. The molecule has 0 aliphatic carbocycles. The average Bonchev–Trinajstić information content (AvgIpc) is 2.67. The Hall–Kier alpha value is -0.140. The number of ether oxygens (including phenoxy) is 1. The summed E-state index contributed by atoms with van der Waals surface area (Å²) in [6.45, 7) is 1.44. The Labute approximate surface area is 97.1 Å². The van der Waals surface area contributed by atoms with Gasteiger partial charge >= 0.3 is 0 Å². The smallest absolute Gasteiger partial charge is 0.215 e. The van der Waals surface area contributed by atoms with Crippen molar-refractivity contribution < 1.29 is 13.2 Å². The molecule has 4 nitrogen and oxygen atoms in total. The quantitative estimate of drug-likeness (QED) is 0.873. The van der Waals surface area contributed by atoms with Gasteiger partial charge in [-0.15, -0.1) is 11.3 Å². The van der Waals surface area contributed by atoms with Crippen LogP contribution in [0.15, 0.2) is 16.3 Å². The van der Waals surface area contributed by atoms with Crippen LogP contribution in [0.2, 0.25) is 4.34 Å². The summed E-state index contributed by atoms with van der Waals surface area (Å²) in [5.74, 6) is 0. The van der Waals surface area contributed by atoms with Crippen molar-refractivity contribution in [1.29, 1.82) is 0 Å². The normalized spacial score (nSPS) is 22.9. The fraction of sp³-hybridized carbons (Fsp3) is 0.500. The SMILES string of the molecule is O=S(=O)(c1ccc(Cl)s1)C1CNCCO1. The molecule has 2 heterocycles. The van der Waals surface area contributed by atoms with E-state index in [1.54, 1.807) is 6.07 Å². The minimum Gasteiger partial charge on any atom is -0.359 e. The van der Waals surface area contributed by atoms with Crippen LogP contribution in [-0.4, -0.2) is 33.6 Å². The van der Waals surface area contributed by atoms with Crippen molar-refractivity contribution in [3.63, 3.8) is 0 Å². The number of morpholine rings is 1. The summed E-state index contributed by atoms with van der Waals surface area (Å²) in [4.78, 5) is 0. The molecular formula is C8H10ClNO3S2. The third-order valence-electron chi connectivity index (χ3n) is 2.07. The molecule has 1 aromatic heterocycles. The highest BCUT2D eigenvalue weighted by molar-refractivity contribution is 7.94. The van der Waals surface area contributed by atoms with Crippen LogP contribution in [0.4, 0.5) is 0 Å². The number of hydrogen-bond donors (Lipinski definition) is 1. The number of nitrogens with one attached hydrogen (secondary N) is 1.